The van der Waals surface area contributed by atoms with E-state index in [0.29, 0.717) is 11.0 Å². The Morgan fingerprint density at radius 1 is 0.938 bits per heavy atom. The number of aromatic nitrogens is 3. The molecule has 0 bridgehead atoms. The number of rotatable bonds is 6. The van der Waals surface area contributed by atoms with Crippen LogP contribution in [0.2, 0.25) is 0 Å². The monoisotopic (exact) mass is 454 g/mol. The lowest BCUT2D eigenvalue weighted by molar-refractivity contribution is -0.113. The Labute approximate surface area is 186 Å². The van der Waals surface area contributed by atoms with Crippen molar-refractivity contribution in [2.24, 2.45) is 0 Å². The van der Waals surface area contributed by atoms with Crippen LogP contribution in [0.5, 0.6) is 0 Å². The molecule has 0 aliphatic rings. The van der Waals surface area contributed by atoms with Gasteiger partial charge in [0.2, 0.25) is 5.91 Å². The van der Waals surface area contributed by atoms with Crippen molar-refractivity contribution in [1.82, 2.24) is 14.8 Å². The van der Waals surface area contributed by atoms with Crippen LogP contribution in [0.3, 0.4) is 0 Å². The maximum Gasteiger partial charge on any atom is 0.234 e. The van der Waals surface area contributed by atoms with Gasteiger partial charge in [-0.2, -0.15) is 0 Å². The standard InChI is InChI=1S/C23H17F3N4OS/c1-14-7-9-16(10-8-14)30-22(15-5-3-2-4-6-15)28-29-23(30)32-13-19(31)27-18-12-11-17(24)20(25)21(18)26/h2-12H,13H2,1H3,(H,27,31). The molecule has 5 nitrogen and oxygen atoms in total. The van der Waals surface area contributed by atoms with E-state index in [1.807, 2.05) is 66.1 Å². The third-order valence-electron chi connectivity index (χ3n) is 4.60. The third-order valence-corrected chi connectivity index (χ3v) is 5.53. The van der Waals surface area contributed by atoms with Gasteiger partial charge in [0.05, 0.1) is 11.4 Å². The minimum absolute atomic E-state index is 0.142. The lowest BCUT2D eigenvalue weighted by Gasteiger charge is -2.11. The maximum atomic E-state index is 13.8. The second kappa shape index (κ2) is 9.27. The first-order valence-corrected chi connectivity index (χ1v) is 10.6. The average Bonchev–Trinajstić information content (AvgIpc) is 3.23. The highest BCUT2D eigenvalue weighted by molar-refractivity contribution is 7.99. The van der Waals surface area contributed by atoms with E-state index in [9.17, 15) is 18.0 Å². The Morgan fingerprint density at radius 3 is 2.38 bits per heavy atom. The number of thioether (sulfide) groups is 1. The summed E-state index contributed by atoms with van der Waals surface area (Å²) < 4.78 is 42.1. The molecular weight excluding hydrogens is 437 g/mol. The first-order chi connectivity index (χ1) is 15.4. The van der Waals surface area contributed by atoms with E-state index in [4.69, 9.17) is 0 Å². The van der Waals surface area contributed by atoms with Crippen molar-refractivity contribution in [3.63, 3.8) is 0 Å². The van der Waals surface area contributed by atoms with E-state index in [0.717, 1.165) is 40.7 Å². The van der Waals surface area contributed by atoms with Gasteiger partial charge in [0.15, 0.2) is 28.4 Å². The van der Waals surface area contributed by atoms with E-state index in [2.05, 4.69) is 15.5 Å². The fourth-order valence-corrected chi connectivity index (χ4v) is 3.75. The molecule has 4 rings (SSSR count). The van der Waals surface area contributed by atoms with Gasteiger partial charge >= 0.3 is 0 Å². The van der Waals surface area contributed by atoms with Gasteiger partial charge in [-0.1, -0.05) is 59.8 Å². The number of nitrogens with zero attached hydrogens (tertiary/aromatic N) is 3. The summed E-state index contributed by atoms with van der Waals surface area (Å²) in [6.45, 7) is 1.98. The zero-order chi connectivity index (χ0) is 22.7. The van der Waals surface area contributed by atoms with Gasteiger partial charge in [0.25, 0.3) is 0 Å². The van der Waals surface area contributed by atoms with Gasteiger partial charge in [-0.3, -0.25) is 9.36 Å². The minimum Gasteiger partial charge on any atom is -0.323 e. The van der Waals surface area contributed by atoms with E-state index >= 15 is 0 Å². The van der Waals surface area contributed by atoms with Crippen LogP contribution in [-0.4, -0.2) is 26.4 Å². The third kappa shape index (κ3) is 4.52. The summed E-state index contributed by atoms with van der Waals surface area (Å²) in [6, 6.07) is 19.0. The van der Waals surface area contributed by atoms with Crippen LogP contribution in [0.25, 0.3) is 17.1 Å². The zero-order valence-electron chi connectivity index (χ0n) is 16.8. The normalized spacial score (nSPS) is 10.9. The van der Waals surface area contributed by atoms with Crippen molar-refractivity contribution in [2.75, 3.05) is 11.1 Å². The highest BCUT2D eigenvalue weighted by Gasteiger charge is 2.19. The largest absolute Gasteiger partial charge is 0.323 e. The summed E-state index contributed by atoms with van der Waals surface area (Å²) in [5.41, 5.74) is 2.32. The van der Waals surface area contributed by atoms with Crippen LogP contribution in [0.15, 0.2) is 71.9 Å². The number of hydrogen-bond donors (Lipinski definition) is 1. The smallest absolute Gasteiger partial charge is 0.234 e. The van der Waals surface area contributed by atoms with Crippen molar-refractivity contribution in [1.29, 1.82) is 0 Å². The second-order valence-electron chi connectivity index (χ2n) is 6.90. The molecule has 3 aromatic carbocycles. The Morgan fingerprint density at radius 2 is 1.66 bits per heavy atom. The molecule has 0 spiro atoms. The van der Waals surface area contributed by atoms with Gasteiger partial charge in [0.1, 0.15) is 0 Å². The molecule has 0 fully saturated rings. The molecule has 162 valence electrons. The molecule has 1 N–H and O–H groups in total. The highest BCUT2D eigenvalue weighted by atomic mass is 32.2. The van der Waals surface area contributed by atoms with Crippen molar-refractivity contribution < 1.29 is 18.0 Å². The summed E-state index contributed by atoms with van der Waals surface area (Å²) in [5, 5.41) is 11.2. The quantitative estimate of drug-likeness (QED) is 0.313. The van der Waals surface area contributed by atoms with E-state index in [1.54, 1.807) is 0 Å². The number of carbonyl (C=O) groups excluding carboxylic acids is 1. The predicted octanol–water partition coefficient (Wildman–Crippen LogP) is 5.39. The first-order valence-electron chi connectivity index (χ1n) is 9.58. The van der Waals surface area contributed by atoms with Gasteiger partial charge in [-0.25, -0.2) is 13.2 Å². The number of benzene rings is 3. The van der Waals surface area contributed by atoms with Gasteiger partial charge < -0.3 is 5.32 Å². The number of hydrogen-bond acceptors (Lipinski definition) is 4. The molecule has 4 aromatic rings. The van der Waals surface area contributed by atoms with Crippen LogP contribution in [0.1, 0.15) is 5.56 Å². The Bertz CT molecular complexity index is 1260. The molecule has 0 aliphatic heterocycles. The number of amides is 1. The highest BCUT2D eigenvalue weighted by Crippen LogP contribution is 2.28. The summed E-state index contributed by atoms with van der Waals surface area (Å²) in [7, 11) is 0. The van der Waals surface area contributed by atoms with Gasteiger partial charge in [-0.15, -0.1) is 10.2 Å². The summed E-state index contributed by atoms with van der Waals surface area (Å²) >= 11 is 1.09. The van der Waals surface area contributed by atoms with E-state index in [-0.39, 0.29) is 5.75 Å². The molecular formula is C23H17F3N4OS. The lowest BCUT2D eigenvalue weighted by Crippen LogP contribution is -2.16. The number of carbonyl (C=O) groups is 1. The second-order valence-corrected chi connectivity index (χ2v) is 7.85. The van der Waals surface area contributed by atoms with Crippen LogP contribution < -0.4 is 5.32 Å². The molecule has 0 unspecified atom stereocenters. The van der Waals surface area contributed by atoms with Gasteiger partial charge in [-0.05, 0) is 31.2 Å². The zero-order valence-corrected chi connectivity index (χ0v) is 17.7. The minimum atomic E-state index is -1.64. The first kappa shape index (κ1) is 21.6. The molecule has 1 amide bonds. The van der Waals surface area contributed by atoms with Crippen LogP contribution in [-0.2, 0) is 4.79 Å². The Kier molecular flexibility index (Phi) is 6.27. The molecule has 0 saturated heterocycles. The Balaban J connectivity index is 1.59. The number of nitrogens with one attached hydrogen (secondary N) is 1. The summed E-state index contributed by atoms with van der Waals surface area (Å²) in [4.78, 5) is 12.3. The van der Waals surface area contributed by atoms with Crippen LogP contribution in [0, 0.1) is 24.4 Å². The fourth-order valence-electron chi connectivity index (χ4n) is 3.00. The average molecular weight is 454 g/mol. The maximum absolute atomic E-state index is 13.8. The van der Waals surface area contributed by atoms with Crippen molar-refractivity contribution in [3.8, 4) is 17.1 Å². The number of halogens is 3. The molecule has 0 atom stereocenters. The topological polar surface area (TPSA) is 59.8 Å². The number of aryl methyl sites for hydroxylation is 1. The number of anilines is 1. The van der Waals surface area contributed by atoms with E-state index < -0.39 is 29.0 Å². The molecule has 32 heavy (non-hydrogen) atoms. The lowest BCUT2D eigenvalue weighted by atomic mass is 10.2. The van der Waals surface area contributed by atoms with Crippen molar-refractivity contribution in [2.45, 2.75) is 12.1 Å². The molecule has 1 aromatic heterocycles. The predicted molar refractivity (Wildman–Crippen MR) is 117 cm³/mol. The molecule has 9 heteroatoms. The summed E-state index contributed by atoms with van der Waals surface area (Å²) in [5.74, 6) is -4.55. The van der Waals surface area contributed by atoms with Crippen molar-refractivity contribution >= 4 is 23.4 Å². The summed E-state index contributed by atoms with van der Waals surface area (Å²) in [6.07, 6.45) is 0. The van der Waals surface area contributed by atoms with Crippen LogP contribution >= 0.6 is 11.8 Å². The SMILES string of the molecule is Cc1ccc(-n2c(SCC(=O)Nc3ccc(F)c(F)c3F)nnc2-c2ccccc2)cc1. The molecule has 1 heterocycles. The molecule has 0 aliphatic carbocycles. The molecule has 0 saturated carbocycles. The van der Waals surface area contributed by atoms with Gasteiger partial charge in [0, 0.05) is 11.3 Å². The van der Waals surface area contributed by atoms with E-state index in [1.165, 1.54) is 0 Å². The fraction of sp³-hybridized carbons (Fsp3) is 0.0870. The van der Waals surface area contributed by atoms with Crippen LogP contribution in [0.4, 0.5) is 18.9 Å². The Hall–Kier alpha value is -3.59. The van der Waals surface area contributed by atoms with Crippen molar-refractivity contribution in [3.05, 3.63) is 89.7 Å². The molecule has 0 radical (unpaired) electrons.